The van der Waals surface area contributed by atoms with Gasteiger partial charge in [-0.2, -0.15) is 0 Å². The van der Waals surface area contributed by atoms with Crippen molar-refractivity contribution in [3.05, 3.63) is 29.8 Å². The van der Waals surface area contributed by atoms with Crippen LogP contribution in [0.4, 0.5) is 5.69 Å². The Kier molecular flexibility index (Phi) is 2.06. The van der Waals surface area contributed by atoms with Crippen molar-refractivity contribution in [2.24, 2.45) is 5.41 Å². The highest BCUT2D eigenvalue weighted by atomic mass is 16.7. The molecule has 6 nitrogen and oxygen atoms in total. The molecule has 1 aromatic carbocycles. The van der Waals surface area contributed by atoms with E-state index in [1.807, 2.05) is 11.0 Å². The summed E-state index contributed by atoms with van der Waals surface area (Å²) in [5, 5.41) is 0. The third-order valence-electron chi connectivity index (χ3n) is 7.71. The van der Waals surface area contributed by atoms with Crippen molar-refractivity contribution in [2.75, 3.05) is 18.2 Å². The van der Waals surface area contributed by atoms with Crippen molar-refractivity contribution in [3.63, 3.8) is 0 Å². The monoisotopic (exact) mass is 350 g/mol. The summed E-state index contributed by atoms with van der Waals surface area (Å²) >= 11 is 0. The number of anilines is 1. The van der Waals surface area contributed by atoms with E-state index in [-0.39, 0.29) is 41.5 Å². The predicted octanol–water partition coefficient (Wildman–Crippen LogP) is 1.94. The first-order valence-electron chi connectivity index (χ1n) is 9.41. The molecule has 5 aliphatic heterocycles. The average molecular weight is 350 g/mol. The van der Waals surface area contributed by atoms with Crippen molar-refractivity contribution < 1.29 is 19.1 Å². The summed E-state index contributed by atoms with van der Waals surface area (Å²) in [5.74, 6) is 2.04. The SMILES string of the molecule is O=C1C=C[C@@]23CC[C@@]45[C@@H](CCN1[C@@H]24)c1cc2c(cc1N5C(=O)C3)OCO2. The molecule has 26 heavy (non-hydrogen) atoms. The molecule has 0 unspecified atom stereocenters. The molecule has 4 atom stereocenters. The quantitative estimate of drug-likeness (QED) is 0.717. The molecule has 132 valence electrons. The number of fused-ring (bicyclic) bond motifs is 4. The molecular formula is C20H18N2O4. The summed E-state index contributed by atoms with van der Waals surface area (Å²) < 4.78 is 11.2. The van der Waals surface area contributed by atoms with Crippen molar-refractivity contribution in [3.8, 4) is 11.5 Å². The average Bonchev–Trinajstić information content (AvgIpc) is 3.27. The van der Waals surface area contributed by atoms with Crippen LogP contribution in [0.15, 0.2) is 24.3 Å². The second-order valence-electron chi connectivity index (χ2n) is 8.50. The fourth-order valence-electron chi connectivity index (χ4n) is 6.97. The zero-order chi connectivity index (χ0) is 17.3. The van der Waals surface area contributed by atoms with Gasteiger partial charge in [0.2, 0.25) is 18.6 Å². The van der Waals surface area contributed by atoms with Gasteiger partial charge in [0.05, 0.1) is 17.3 Å². The lowest BCUT2D eigenvalue weighted by molar-refractivity contribution is -0.142. The lowest BCUT2D eigenvalue weighted by Gasteiger charge is -2.59. The molecule has 6 heteroatoms. The maximum absolute atomic E-state index is 13.3. The van der Waals surface area contributed by atoms with Gasteiger partial charge in [0, 0.05) is 30.4 Å². The Morgan fingerprint density at radius 1 is 1.12 bits per heavy atom. The lowest BCUT2D eigenvalue weighted by Crippen LogP contribution is -2.73. The highest BCUT2D eigenvalue weighted by Gasteiger charge is 2.74. The molecule has 5 heterocycles. The number of ether oxygens (including phenoxy) is 2. The van der Waals surface area contributed by atoms with Crippen LogP contribution in [0.3, 0.4) is 0 Å². The Bertz CT molecular complexity index is 955. The van der Waals surface area contributed by atoms with E-state index in [9.17, 15) is 9.59 Å². The minimum atomic E-state index is -0.300. The molecule has 1 spiro atoms. The molecule has 7 rings (SSSR count). The summed E-state index contributed by atoms with van der Waals surface area (Å²) in [7, 11) is 0. The summed E-state index contributed by atoms with van der Waals surface area (Å²) in [4.78, 5) is 30.0. The highest BCUT2D eigenvalue weighted by molar-refractivity contribution is 6.03. The van der Waals surface area contributed by atoms with Gasteiger partial charge < -0.3 is 19.3 Å². The van der Waals surface area contributed by atoms with E-state index in [1.165, 1.54) is 5.56 Å². The van der Waals surface area contributed by atoms with Gasteiger partial charge in [-0.1, -0.05) is 6.08 Å². The predicted molar refractivity (Wildman–Crippen MR) is 91.1 cm³/mol. The Morgan fingerprint density at radius 2 is 1.96 bits per heavy atom. The topological polar surface area (TPSA) is 59.1 Å². The van der Waals surface area contributed by atoms with E-state index in [1.54, 1.807) is 6.08 Å². The Hall–Kier alpha value is -2.50. The van der Waals surface area contributed by atoms with Crippen LogP contribution in [0, 0.1) is 5.41 Å². The molecule has 1 aliphatic carbocycles. The summed E-state index contributed by atoms with van der Waals surface area (Å²) in [6.07, 6.45) is 7.05. The molecule has 1 saturated carbocycles. The number of carbonyl (C=O) groups is 2. The largest absolute Gasteiger partial charge is 0.454 e. The normalized spacial score (nSPS) is 40.2. The Labute approximate surface area is 150 Å². The van der Waals surface area contributed by atoms with E-state index < -0.39 is 0 Å². The standard InChI is InChI=1S/C20H18N2O4/c23-16-1-3-19-4-5-20-12(2-6-21(16)18(19)20)11-7-14-15(26-10-25-14)8-13(11)22(20)17(24)9-19/h1,3,7-8,12,18H,2,4-6,9-10H2/t12-,18-,19-,20+/m0/s1. The fourth-order valence-corrected chi connectivity index (χ4v) is 6.97. The number of hydrogen-bond donors (Lipinski definition) is 0. The lowest BCUT2D eigenvalue weighted by atomic mass is 9.63. The molecule has 1 aromatic rings. The smallest absolute Gasteiger partial charge is 0.246 e. The third-order valence-corrected chi connectivity index (χ3v) is 7.71. The Balaban J connectivity index is 1.52. The molecule has 0 N–H and O–H groups in total. The van der Waals surface area contributed by atoms with E-state index in [0.29, 0.717) is 6.42 Å². The zero-order valence-electron chi connectivity index (χ0n) is 14.2. The number of rotatable bonds is 0. The minimum absolute atomic E-state index is 0.0908. The van der Waals surface area contributed by atoms with Gasteiger partial charge >= 0.3 is 0 Å². The molecular weight excluding hydrogens is 332 g/mol. The van der Waals surface area contributed by atoms with Crippen LogP contribution in [-0.4, -0.2) is 41.6 Å². The summed E-state index contributed by atoms with van der Waals surface area (Å²) in [6.45, 7) is 0.999. The second kappa shape index (κ2) is 3.92. The van der Waals surface area contributed by atoms with E-state index in [2.05, 4.69) is 17.0 Å². The van der Waals surface area contributed by atoms with Crippen molar-refractivity contribution in [1.82, 2.24) is 4.90 Å². The van der Waals surface area contributed by atoms with Crippen LogP contribution in [0.5, 0.6) is 11.5 Å². The first kappa shape index (κ1) is 13.7. The van der Waals surface area contributed by atoms with Gasteiger partial charge in [0.15, 0.2) is 11.5 Å². The number of hydrogen-bond acceptors (Lipinski definition) is 4. The van der Waals surface area contributed by atoms with Crippen LogP contribution in [0.1, 0.15) is 37.2 Å². The van der Waals surface area contributed by atoms with Gasteiger partial charge in [-0.15, -0.1) is 0 Å². The molecule has 0 radical (unpaired) electrons. The van der Waals surface area contributed by atoms with Gasteiger partial charge in [0.25, 0.3) is 0 Å². The molecule has 2 saturated heterocycles. The fraction of sp³-hybridized carbons (Fsp3) is 0.500. The van der Waals surface area contributed by atoms with Crippen molar-refractivity contribution in [2.45, 2.75) is 43.2 Å². The molecule has 3 fully saturated rings. The maximum Gasteiger partial charge on any atom is 0.246 e. The Morgan fingerprint density at radius 3 is 2.85 bits per heavy atom. The summed E-state index contributed by atoms with van der Waals surface area (Å²) in [5.41, 5.74) is 1.69. The van der Waals surface area contributed by atoms with Gasteiger partial charge in [-0.25, -0.2) is 0 Å². The molecule has 6 aliphatic rings. The highest BCUT2D eigenvalue weighted by Crippen LogP contribution is 2.69. The first-order valence-corrected chi connectivity index (χ1v) is 9.41. The maximum atomic E-state index is 13.3. The van der Waals surface area contributed by atoms with Gasteiger partial charge in [-0.05, 0) is 37.0 Å². The molecule has 2 bridgehead atoms. The third kappa shape index (κ3) is 1.21. The van der Waals surface area contributed by atoms with E-state index >= 15 is 0 Å². The number of piperidine rings is 2. The number of carbonyl (C=O) groups excluding carboxylic acids is 2. The first-order chi connectivity index (χ1) is 12.6. The van der Waals surface area contributed by atoms with E-state index in [4.69, 9.17) is 9.47 Å². The minimum Gasteiger partial charge on any atom is -0.454 e. The number of amides is 2. The number of nitrogens with zero attached hydrogens (tertiary/aromatic N) is 2. The zero-order valence-corrected chi connectivity index (χ0v) is 14.2. The van der Waals surface area contributed by atoms with Gasteiger partial charge in [-0.3, -0.25) is 9.59 Å². The van der Waals surface area contributed by atoms with Crippen LogP contribution in [-0.2, 0) is 9.59 Å². The van der Waals surface area contributed by atoms with Crippen LogP contribution >= 0.6 is 0 Å². The second-order valence-corrected chi connectivity index (χ2v) is 8.50. The van der Waals surface area contributed by atoms with Crippen LogP contribution < -0.4 is 14.4 Å². The van der Waals surface area contributed by atoms with E-state index in [0.717, 1.165) is 43.0 Å². The number of benzene rings is 1. The van der Waals surface area contributed by atoms with Crippen LogP contribution in [0.25, 0.3) is 0 Å². The van der Waals surface area contributed by atoms with Crippen molar-refractivity contribution >= 4 is 17.5 Å². The molecule has 2 amide bonds. The molecule has 0 aromatic heterocycles. The van der Waals surface area contributed by atoms with Gasteiger partial charge in [0.1, 0.15) is 0 Å². The van der Waals surface area contributed by atoms with Crippen LogP contribution in [0.2, 0.25) is 0 Å². The summed E-state index contributed by atoms with van der Waals surface area (Å²) in [6, 6.07) is 4.16. The van der Waals surface area contributed by atoms with Crippen molar-refractivity contribution in [1.29, 1.82) is 0 Å².